The average Bonchev–Trinajstić information content (AvgIpc) is 3.79. The quantitative estimate of drug-likeness (QED) is 0.204. The zero-order valence-corrected chi connectivity index (χ0v) is 29.8. The molecule has 2 atom stereocenters. The van der Waals surface area contributed by atoms with E-state index < -0.39 is 11.6 Å². The number of nitrogen functional groups attached to an aromatic ring is 1. The number of nitrogens with two attached hydrogens (primary N) is 1. The zero-order valence-electron chi connectivity index (χ0n) is 28.9. The largest absolute Gasteiger partial charge is 0.389 e. The number of allylic oxidation sites excluding steroid dienone is 2. The van der Waals surface area contributed by atoms with Crippen LogP contribution in [0.25, 0.3) is 22.3 Å². The number of ether oxygens (including phenoxy) is 2. The molecule has 7 nitrogen and oxygen atoms in total. The van der Waals surface area contributed by atoms with Gasteiger partial charge in [0.1, 0.15) is 22.4 Å². The molecule has 4 heterocycles. The molecule has 2 N–H and O–H groups in total. The van der Waals surface area contributed by atoms with Crippen LogP contribution in [0.15, 0.2) is 17.8 Å². The number of rotatable bonds is 11. The molecule has 0 radical (unpaired) electrons. The number of unbranched alkanes of at least 4 members (excludes halogenated alkanes) is 2. The SMILES string of the molecule is C/C=C(/F)c1sc(N)c(C#N)c1/C(=C(\C)CC)c1c2c(c3cnc(N4CCC(C)C4C)nc3c1F)COC2.CCCCCOCCC. The van der Waals surface area contributed by atoms with Crippen LogP contribution in [0, 0.1) is 23.1 Å². The Labute approximate surface area is 282 Å². The van der Waals surface area contributed by atoms with Gasteiger partial charge in [-0.15, -0.1) is 11.3 Å². The van der Waals surface area contributed by atoms with Crippen LogP contribution in [0.5, 0.6) is 0 Å². The molecule has 2 unspecified atom stereocenters. The Bertz CT molecular complexity index is 1670. The second-order valence-electron chi connectivity index (χ2n) is 12.4. The second-order valence-corrected chi connectivity index (χ2v) is 13.4. The summed E-state index contributed by atoms with van der Waals surface area (Å²) in [6.45, 7) is 17.3. The number of hydrogen-bond donors (Lipinski definition) is 1. The van der Waals surface area contributed by atoms with Crippen molar-refractivity contribution >= 4 is 44.6 Å². The molecule has 5 rings (SSSR count). The van der Waals surface area contributed by atoms with E-state index in [1.807, 2.05) is 13.8 Å². The van der Waals surface area contributed by atoms with Gasteiger partial charge < -0.3 is 20.1 Å². The van der Waals surface area contributed by atoms with Gasteiger partial charge in [-0.2, -0.15) is 5.26 Å². The Morgan fingerprint density at radius 2 is 1.91 bits per heavy atom. The monoisotopic (exact) mass is 665 g/mol. The molecule has 1 fully saturated rings. The van der Waals surface area contributed by atoms with Crippen molar-refractivity contribution in [2.45, 2.75) is 106 Å². The molecule has 10 heteroatoms. The fraction of sp³-hybridized carbons (Fsp3) is 0.541. The van der Waals surface area contributed by atoms with Gasteiger partial charge in [0.2, 0.25) is 5.95 Å². The number of aromatic nitrogens is 2. The van der Waals surface area contributed by atoms with E-state index in [1.54, 1.807) is 13.1 Å². The van der Waals surface area contributed by atoms with Crippen LogP contribution < -0.4 is 10.6 Å². The molecule has 3 aromatic rings. The number of nitrogens with zero attached hydrogens (tertiary/aromatic N) is 4. The Morgan fingerprint density at radius 1 is 1.17 bits per heavy atom. The van der Waals surface area contributed by atoms with Gasteiger partial charge in [-0.05, 0) is 69.1 Å². The first-order valence-electron chi connectivity index (χ1n) is 16.9. The number of thiophene rings is 1. The number of halogens is 2. The predicted octanol–water partition coefficient (Wildman–Crippen LogP) is 9.71. The van der Waals surface area contributed by atoms with E-state index in [0.717, 1.165) is 55.1 Å². The lowest BCUT2D eigenvalue weighted by Gasteiger charge is -2.24. The van der Waals surface area contributed by atoms with Gasteiger partial charge in [0.05, 0.1) is 23.7 Å². The normalized spacial score (nSPS) is 18.2. The van der Waals surface area contributed by atoms with Crippen LogP contribution in [0.3, 0.4) is 0 Å². The van der Waals surface area contributed by atoms with Crippen molar-refractivity contribution in [3.8, 4) is 6.07 Å². The highest BCUT2D eigenvalue weighted by Crippen LogP contribution is 2.47. The van der Waals surface area contributed by atoms with Gasteiger partial charge in [-0.3, -0.25) is 0 Å². The lowest BCUT2D eigenvalue weighted by Crippen LogP contribution is -2.30. The van der Waals surface area contributed by atoms with Crippen LogP contribution >= 0.6 is 11.3 Å². The molecular formula is C37H49F2N5O2S. The smallest absolute Gasteiger partial charge is 0.226 e. The maximum absolute atomic E-state index is 16.8. The van der Waals surface area contributed by atoms with Crippen molar-refractivity contribution < 1.29 is 18.3 Å². The summed E-state index contributed by atoms with van der Waals surface area (Å²) in [6.07, 6.45) is 9.58. The van der Waals surface area contributed by atoms with Crippen LogP contribution in [0.4, 0.5) is 19.7 Å². The first kappa shape index (κ1) is 36.4. The third-order valence-electron chi connectivity index (χ3n) is 9.30. The molecule has 2 aliphatic heterocycles. The number of fused-ring (bicyclic) bond motifs is 3. The molecule has 2 aliphatic rings. The fourth-order valence-corrected chi connectivity index (χ4v) is 7.20. The molecule has 1 saturated heterocycles. The third kappa shape index (κ3) is 7.53. The lowest BCUT2D eigenvalue weighted by molar-refractivity contribution is 0.131. The first-order chi connectivity index (χ1) is 22.6. The van der Waals surface area contributed by atoms with E-state index in [-0.39, 0.29) is 33.6 Å². The second kappa shape index (κ2) is 16.6. The minimum absolute atomic E-state index is 0.153. The number of nitriles is 1. The average molecular weight is 666 g/mol. The van der Waals surface area contributed by atoms with Crippen molar-refractivity contribution in [2.24, 2.45) is 5.92 Å². The molecule has 2 aromatic heterocycles. The Kier molecular flexibility index (Phi) is 12.9. The maximum atomic E-state index is 16.8. The van der Waals surface area contributed by atoms with Crippen molar-refractivity contribution in [1.29, 1.82) is 5.26 Å². The van der Waals surface area contributed by atoms with Crippen molar-refractivity contribution in [1.82, 2.24) is 9.97 Å². The van der Waals surface area contributed by atoms with Crippen LogP contribution in [0.2, 0.25) is 0 Å². The predicted molar refractivity (Wildman–Crippen MR) is 189 cm³/mol. The Balaban J connectivity index is 0.000000488. The van der Waals surface area contributed by atoms with Gasteiger partial charge >= 0.3 is 0 Å². The van der Waals surface area contributed by atoms with Crippen molar-refractivity contribution in [3.63, 3.8) is 0 Å². The maximum Gasteiger partial charge on any atom is 0.226 e. The number of benzene rings is 1. The van der Waals surface area contributed by atoms with Crippen LogP contribution in [-0.2, 0) is 22.7 Å². The molecule has 0 aliphatic carbocycles. The van der Waals surface area contributed by atoms with E-state index >= 15 is 8.78 Å². The topological polar surface area (TPSA) is 97.3 Å². The van der Waals surface area contributed by atoms with Gasteiger partial charge in [-0.1, -0.05) is 52.2 Å². The van der Waals surface area contributed by atoms with Gasteiger partial charge in [0.25, 0.3) is 0 Å². The van der Waals surface area contributed by atoms with Crippen LogP contribution in [-0.4, -0.2) is 35.8 Å². The van der Waals surface area contributed by atoms with Gasteiger partial charge in [-0.25, -0.2) is 18.7 Å². The fourth-order valence-electron chi connectivity index (χ4n) is 6.21. The van der Waals surface area contributed by atoms with E-state index in [0.29, 0.717) is 52.5 Å². The van der Waals surface area contributed by atoms with E-state index in [4.69, 9.17) is 20.2 Å². The summed E-state index contributed by atoms with van der Waals surface area (Å²) in [5.74, 6) is -0.0428. The van der Waals surface area contributed by atoms with E-state index in [2.05, 4.69) is 43.6 Å². The first-order valence-corrected chi connectivity index (χ1v) is 17.7. The highest BCUT2D eigenvalue weighted by atomic mass is 32.1. The standard InChI is InChI=1S/C29H31F2N5OS.C8H18O/c1-6-14(3)22(24-17(10-32)28(33)38-27(24)21(30)7-2)23-20-13-37-12-19(20)18-11-34-29(35-26(18)25(23)31)36-9-8-15(4)16(36)5;1-3-5-6-8-9-7-4-2/h7,11,15-16H,6,8-9,12-13,33H2,1-5H3;3-8H2,1-2H3/b21-7+,22-14+;. The van der Waals surface area contributed by atoms with E-state index in [9.17, 15) is 5.26 Å². The molecule has 0 bridgehead atoms. The summed E-state index contributed by atoms with van der Waals surface area (Å²) in [4.78, 5) is 11.7. The number of anilines is 2. The summed E-state index contributed by atoms with van der Waals surface area (Å²) in [5, 5.41) is 10.8. The van der Waals surface area contributed by atoms with Gasteiger partial charge in [0, 0.05) is 48.5 Å². The summed E-state index contributed by atoms with van der Waals surface area (Å²) in [6, 6.07) is 2.38. The Hall–Kier alpha value is -3.39. The summed E-state index contributed by atoms with van der Waals surface area (Å²) >= 11 is 1.00. The molecule has 1 aromatic carbocycles. The molecular weight excluding hydrogens is 617 g/mol. The highest BCUT2D eigenvalue weighted by Gasteiger charge is 2.34. The number of hydrogen-bond acceptors (Lipinski definition) is 8. The summed E-state index contributed by atoms with van der Waals surface area (Å²) < 4.78 is 43.1. The zero-order chi connectivity index (χ0) is 34.2. The molecule has 47 heavy (non-hydrogen) atoms. The van der Waals surface area contributed by atoms with E-state index in [1.165, 1.54) is 25.3 Å². The molecule has 0 spiro atoms. The summed E-state index contributed by atoms with van der Waals surface area (Å²) in [5.41, 5.74) is 9.97. The van der Waals surface area contributed by atoms with Gasteiger partial charge in [0.15, 0.2) is 5.82 Å². The van der Waals surface area contributed by atoms with Crippen molar-refractivity contribution in [2.75, 3.05) is 30.4 Å². The molecule has 254 valence electrons. The van der Waals surface area contributed by atoms with Crippen LogP contribution in [0.1, 0.15) is 120 Å². The van der Waals surface area contributed by atoms with Crippen molar-refractivity contribution in [3.05, 3.63) is 56.4 Å². The lowest BCUT2D eigenvalue weighted by atomic mass is 9.85. The minimum Gasteiger partial charge on any atom is -0.389 e. The molecule has 0 saturated carbocycles. The third-order valence-corrected chi connectivity index (χ3v) is 10.3. The summed E-state index contributed by atoms with van der Waals surface area (Å²) in [7, 11) is 0. The molecule has 0 amide bonds. The highest BCUT2D eigenvalue weighted by molar-refractivity contribution is 7.17. The Morgan fingerprint density at radius 3 is 2.53 bits per heavy atom. The minimum atomic E-state index is -0.518.